The van der Waals surface area contributed by atoms with Crippen LogP contribution in [0.25, 0.3) is 0 Å². The van der Waals surface area contributed by atoms with Crippen LogP contribution in [-0.4, -0.2) is 48.4 Å². The van der Waals surface area contributed by atoms with Crippen LogP contribution in [0.4, 0.5) is 0 Å². The highest BCUT2D eigenvalue weighted by Crippen LogP contribution is 2.21. The van der Waals surface area contributed by atoms with E-state index in [0.29, 0.717) is 29.8 Å². The quantitative estimate of drug-likeness (QED) is 0.890. The fraction of sp³-hybridized carbons (Fsp3) is 0.556. The third-order valence-electron chi connectivity index (χ3n) is 4.72. The number of likely N-dealkylation sites (tertiary alicyclic amines) is 1. The summed E-state index contributed by atoms with van der Waals surface area (Å²) in [6.45, 7) is 4.22. The fourth-order valence-corrected chi connectivity index (χ4v) is 3.44. The van der Waals surface area contributed by atoms with Crippen LogP contribution in [0.15, 0.2) is 24.3 Å². The number of rotatable bonds is 4. The molecule has 5 heteroatoms. The third kappa shape index (κ3) is 3.72. The number of amides is 2. The SMILES string of the molecule is CCCNC(=O)c1cccc(C(=O)N2CCC3CCC(C2)N3)c1. The van der Waals surface area contributed by atoms with E-state index in [0.717, 1.165) is 32.4 Å². The van der Waals surface area contributed by atoms with Gasteiger partial charge in [0.2, 0.25) is 0 Å². The number of nitrogens with zero attached hydrogens (tertiary/aromatic N) is 1. The first-order chi connectivity index (χ1) is 11.2. The van der Waals surface area contributed by atoms with Crippen molar-refractivity contribution >= 4 is 11.8 Å². The summed E-state index contributed by atoms with van der Waals surface area (Å²) in [5.74, 6) is -0.0809. The standard InChI is InChI=1S/C18H25N3O2/c1-2-9-19-17(22)13-4-3-5-14(11-13)18(23)21-10-8-15-6-7-16(12-21)20-15/h3-5,11,15-16,20H,2,6-10,12H2,1H3,(H,19,22). The van der Waals surface area contributed by atoms with Crippen molar-refractivity contribution in [2.24, 2.45) is 0 Å². The Labute approximate surface area is 137 Å². The van der Waals surface area contributed by atoms with E-state index < -0.39 is 0 Å². The lowest BCUT2D eigenvalue weighted by molar-refractivity contribution is 0.0748. The van der Waals surface area contributed by atoms with E-state index in [9.17, 15) is 9.59 Å². The average molecular weight is 315 g/mol. The van der Waals surface area contributed by atoms with Crippen LogP contribution in [0.2, 0.25) is 0 Å². The third-order valence-corrected chi connectivity index (χ3v) is 4.72. The number of nitrogens with one attached hydrogen (secondary N) is 2. The van der Waals surface area contributed by atoms with Crippen molar-refractivity contribution in [3.8, 4) is 0 Å². The molecule has 23 heavy (non-hydrogen) atoms. The summed E-state index contributed by atoms with van der Waals surface area (Å²) in [6.07, 6.45) is 4.28. The lowest BCUT2D eigenvalue weighted by Gasteiger charge is -2.24. The molecule has 5 nitrogen and oxygen atoms in total. The fourth-order valence-electron chi connectivity index (χ4n) is 3.44. The molecule has 0 aliphatic carbocycles. The van der Waals surface area contributed by atoms with E-state index in [4.69, 9.17) is 0 Å². The summed E-state index contributed by atoms with van der Waals surface area (Å²) in [5.41, 5.74) is 1.16. The maximum absolute atomic E-state index is 12.8. The van der Waals surface area contributed by atoms with E-state index >= 15 is 0 Å². The summed E-state index contributed by atoms with van der Waals surface area (Å²) < 4.78 is 0. The Kier molecular flexibility index (Phi) is 4.96. The molecule has 0 aromatic heterocycles. The van der Waals surface area contributed by atoms with E-state index in [1.807, 2.05) is 11.8 Å². The van der Waals surface area contributed by atoms with Crippen molar-refractivity contribution in [2.45, 2.75) is 44.7 Å². The van der Waals surface area contributed by atoms with Crippen LogP contribution in [-0.2, 0) is 0 Å². The molecule has 3 rings (SSSR count). The molecule has 1 aromatic carbocycles. The van der Waals surface area contributed by atoms with Crippen LogP contribution in [0, 0.1) is 0 Å². The van der Waals surface area contributed by atoms with Gasteiger partial charge in [0, 0.05) is 42.8 Å². The molecular weight excluding hydrogens is 290 g/mol. The van der Waals surface area contributed by atoms with Gasteiger partial charge >= 0.3 is 0 Å². The second-order valence-electron chi connectivity index (χ2n) is 6.51. The highest BCUT2D eigenvalue weighted by atomic mass is 16.2. The Morgan fingerprint density at radius 2 is 2.00 bits per heavy atom. The van der Waals surface area contributed by atoms with Gasteiger partial charge in [-0.1, -0.05) is 13.0 Å². The van der Waals surface area contributed by atoms with Crippen LogP contribution < -0.4 is 10.6 Å². The summed E-state index contributed by atoms with van der Waals surface area (Å²) in [6, 6.07) is 8.04. The number of fused-ring (bicyclic) bond motifs is 2. The molecule has 0 saturated carbocycles. The Bertz CT molecular complexity index is 587. The van der Waals surface area contributed by atoms with Gasteiger partial charge in [0.15, 0.2) is 0 Å². The molecule has 2 fully saturated rings. The highest BCUT2D eigenvalue weighted by Gasteiger charge is 2.31. The Balaban J connectivity index is 1.70. The Morgan fingerprint density at radius 3 is 2.83 bits per heavy atom. The molecule has 1 aromatic rings. The lowest BCUT2D eigenvalue weighted by Crippen LogP contribution is -2.39. The van der Waals surface area contributed by atoms with E-state index in [1.165, 1.54) is 6.42 Å². The van der Waals surface area contributed by atoms with Gasteiger partial charge in [-0.25, -0.2) is 0 Å². The molecule has 2 unspecified atom stereocenters. The molecule has 2 amide bonds. The van der Waals surface area contributed by atoms with Crippen LogP contribution >= 0.6 is 0 Å². The van der Waals surface area contributed by atoms with Crippen LogP contribution in [0.3, 0.4) is 0 Å². The second kappa shape index (κ2) is 7.13. The minimum atomic E-state index is -0.113. The minimum absolute atomic E-state index is 0.0319. The van der Waals surface area contributed by atoms with Gasteiger partial charge in [-0.3, -0.25) is 9.59 Å². The molecule has 2 N–H and O–H groups in total. The molecule has 2 saturated heterocycles. The predicted molar refractivity (Wildman–Crippen MR) is 89.5 cm³/mol. The Hall–Kier alpha value is -1.88. The van der Waals surface area contributed by atoms with Gasteiger partial charge in [0.1, 0.15) is 0 Å². The van der Waals surface area contributed by atoms with Crippen molar-refractivity contribution in [2.75, 3.05) is 19.6 Å². The smallest absolute Gasteiger partial charge is 0.253 e. The summed E-state index contributed by atoms with van der Waals surface area (Å²) in [4.78, 5) is 26.8. The molecule has 2 heterocycles. The van der Waals surface area contributed by atoms with E-state index in [1.54, 1.807) is 24.3 Å². The monoisotopic (exact) mass is 315 g/mol. The highest BCUT2D eigenvalue weighted by molar-refractivity contribution is 5.99. The van der Waals surface area contributed by atoms with E-state index in [-0.39, 0.29) is 11.8 Å². The number of hydrogen-bond acceptors (Lipinski definition) is 3. The van der Waals surface area contributed by atoms with Gasteiger partial charge in [0.25, 0.3) is 11.8 Å². The largest absolute Gasteiger partial charge is 0.352 e. The summed E-state index contributed by atoms with van der Waals surface area (Å²) in [7, 11) is 0. The molecule has 2 atom stereocenters. The first kappa shape index (κ1) is 16.0. The Morgan fingerprint density at radius 1 is 1.22 bits per heavy atom. The van der Waals surface area contributed by atoms with Gasteiger partial charge in [-0.15, -0.1) is 0 Å². The lowest BCUT2D eigenvalue weighted by atomic mass is 10.1. The van der Waals surface area contributed by atoms with Crippen molar-refractivity contribution in [1.29, 1.82) is 0 Å². The second-order valence-corrected chi connectivity index (χ2v) is 6.51. The summed E-state index contributed by atoms with van der Waals surface area (Å²) in [5, 5.41) is 6.44. The molecule has 124 valence electrons. The van der Waals surface area contributed by atoms with Gasteiger partial charge in [-0.05, 0) is 43.9 Å². The number of benzene rings is 1. The van der Waals surface area contributed by atoms with Crippen molar-refractivity contribution in [3.63, 3.8) is 0 Å². The van der Waals surface area contributed by atoms with Gasteiger partial charge in [-0.2, -0.15) is 0 Å². The number of carbonyl (C=O) groups is 2. The van der Waals surface area contributed by atoms with Gasteiger partial charge in [0.05, 0.1) is 0 Å². The first-order valence-corrected chi connectivity index (χ1v) is 8.61. The number of carbonyl (C=O) groups excluding carboxylic acids is 2. The maximum atomic E-state index is 12.8. The molecular formula is C18H25N3O2. The van der Waals surface area contributed by atoms with Crippen LogP contribution in [0.1, 0.15) is 53.3 Å². The van der Waals surface area contributed by atoms with Crippen molar-refractivity contribution < 1.29 is 9.59 Å². The molecule has 2 bridgehead atoms. The van der Waals surface area contributed by atoms with Crippen molar-refractivity contribution in [3.05, 3.63) is 35.4 Å². The van der Waals surface area contributed by atoms with Crippen LogP contribution in [0.5, 0.6) is 0 Å². The first-order valence-electron chi connectivity index (χ1n) is 8.61. The normalized spacial score (nSPS) is 23.4. The minimum Gasteiger partial charge on any atom is -0.352 e. The molecule has 0 radical (unpaired) electrons. The predicted octanol–water partition coefficient (Wildman–Crippen LogP) is 1.79. The van der Waals surface area contributed by atoms with E-state index in [2.05, 4.69) is 10.6 Å². The zero-order valence-corrected chi connectivity index (χ0v) is 13.7. The average Bonchev–Trinajstić information content (AvgIpc) is 2.91. The maximum Gasteiger partial charge on any atom is 0.253 e. The van der Waals surface area contributed by atoms with Crippen molar-refractivity contribution in [1.82, 2.24) is 15.5 Å². The zero-order chi connectivity index (χ0) is 16.2. The van der Waals surface area contributed by atoms with Gasteiger partial charge < -0.3 is 15.5 Å². The molecule has 2 aliphatic heterocycles. The zero-order valence-electron chi connectivity index (χ0n) is 13.7. The summed E-state index contributed by atoms with van der Waals surface area (Å²) >= 11 is 0. The topological polar surface area (TPSA) is 61.4 Å². The molecule has 2 aliphatic rings. The number of hydrogen-bond donors (Lipinski definition) is 2. The molecule has 0 spiro atoms.